The molecule has 0 bridgehead atoms. The molecule has 1 saturated heterocycles. The zero-order chi connectivity index (χ0) is 13.3. The lowest BCUT2D eigenvalue weighted by atomic mass is 10.0. The second kappa shape index (κ2) is 4.85. The lowest BCUT2D eigenvalue weighted by Crippen LogP contribution is -2.40. The second-order valence-electron chi connectivity index (χ2n) is 5.63. The molecule has 4 heteroatoms. The lowest BCUT2D eigenvalue weighted by molar-refractivity contribution is 0.0206. The van der Waals surface area contributed by atoms with Crippen LogP contribution >= 0.6 is 0 Å². The Labute approximate surface area is 113 Å². The zero-order valence-electron chi connectivity index (χ0n) is 11.3. The van der Waals surface area contributed by atoms with Crippen LogP contribution in [0.2, 0.25) is 0 Å². The third-order valence-electron chi connectivity index (χ3n) is 4.00. The zero-order valence-corrected chi connectivity index (χ0v) is 11.3. The Morgan fingerprint density at radius 3 is 3.21 bits per heavy atom. The smallest absolute Gasteiger partial charge is 0.251 e. The molecule has 2 aliphatic heterocycles. The van der Waals surface area contributed by atoms with Gasteiger partial charge in [0.25, 0.3) is 5.91 Å². The molecular formula is C15H20N2O2. The Hall–Kier alpha value is -1.55. The highest BCUT2D eigenvalue weighted by Gasteiger charge is 2.30. The number of amides is 1. The molecule has 0 saturated carbocycles. The third kappa shape index (κ3) is 2.59. The largest absolute Gasteiger partial charge is 0.384 e. The van der Waals surface area contributed by atoms with Gasteiger partial charge in [0, 0.05) is 30.9 Å². The van der Waals surface area contributed by atoms with Crippen molar-refractivity contribution in [2.24, 2.45) is 0 Å². The van der Waals surface area contributed by atoms with E-state index in [0.29, 0.717) is 6.54 Å². The summed E-state index contributed by atoms with van der Waals surface area (Å²) in [4.78, 5) is 12.2. The molecule has 2 N–H and O–H groups in total. The average molecular weight is 260 g/mol. The molecule has 0 aliphatic carbocycles. The molecule has 2 aliphatic rings. The first-order valence-corrected chi connectivity index (χ1v) is 6.95. The van der Waals surface area contributed by atoms with Gasteiger partial charge in [0.2, 0.25) is 0 Å². The number of anilines is 1. The number of carbonyl (C=O) groups excluding carboxylic acids is 1. The number of benzene rings is 1. The highest BCUT2D eigenvalue weighted by atomic mass is 16.5. The number of nitrogens with one attached hydrogen (secondary N) is 2. The van der Waals surface area contributed by atoms with E-state index in [9.17, 15) is 4.79 Å². The Morgan fingerprint density at radius 2 is 2.42 bits per heavy atom. The first-order valence-electron chi connectivity index (χ1n) is 6.95. The standard InChI is InChI=1S/C15H20N2O2/c1-15(6-2-8-19-15)10-17-14(18)12-3-4-13-11(9-12)5-7-16-13/h3-4,9,16H,2,5-8,10H2,1H3,(H,17,18). The summed E-state index contributed by atoms with van der Waals surface area (Å²) in [5.41, 5.74) is 2.94. The van der Waals surface area contributed by atoms with Crippen LogP contribution in [-0.2, 0) is 11.2 Å². The van der Waals surface area contributed by atoms with Gasteiger partial charge < -0.3 is 15.4 Å². The third-order valence-corrected chi connectivity index (χ3v) is 4.00. The van der Waals surface area contributed by atoms with Crippen LogP contribution in [0.3, 0.4) is 0 Å². The molecule has 102 valence electrons. The van der Waals surface area contributed by atoms with Gasteiger partial charge in [0.1, 0.15) is 0 Å². The topological polar surface area (TPSA) is 50.4 Å². The van der Waals surface area contributed by atoms with E-state index in [-0.39, 0.29) is 11.5 Å². The number of ether oxygens (including phenoxy) is 1. The maximum Gasteiger partial charge on any atom is 0.251 e. The number of hydrogen-bond donors (Lipinski definition) is 2. The lowest BCUT2D eigenvalue weighted by Gasteiger charge is -2.23. The van der Waals surface area contributed by atoms with Crippen LogP contribution in [0.25, 0.3) is 0 Å². The molecule has 19 heavy (non-hydrogen) atoms. The molecule has 0 radical (unpaired) electrons. The predicted molar refractivity (Wildman–Crippen MR) is 74.6 cm³/mol. The highest BCUT2D eigenvalue weighted by molar-refractivity contribution is 5.95. The van der Waals surface area contributed by atoms with E-state index in [1.807, 2.05) is 18.2 Å². The van der Waals surface area contributed by atoms with Crippen LogP contribution in [0.15, 0.2) is 18.2 Å². The molecule has 1 amide bonds. The van der Waals surface area contributed by atoms with E-state index >= 15 is 0 Å². The van der Waals surface area contributed by atoms with Crippen LogP contribution in [-0.4, -0.2) is 31.2 Å². The van der Waals surface area contributed by atoms with Gasteiger partial charge in [-0.3, -0.25) is 4.79 Å². The quantitative estimate of drug-likeness (QED) is 0.873. The Kier molecular flexibility index (Phi) is 3.19. The first kappa shape index (κ1) is 12.5. The van der Waals surface area contributed by atoms with Crippen LogP contribution in [0.1, 0.15) is 35.7 Å². The van der Waals surface area contributed by atoms with Crippen molar-refractivity contribution in [3.05, 3.63) is 29.3 Å². The average Bonchev–Trinajstić information content (AvgIpc) is 3.04. The molecule has 2 heterocycles. The van der Waals surface area contributed by atoms with Gasteiger partial charge in [0.05, 0.1) is 5.60 Å². The summed E-state index contributed by atoms with van der Waals surface area (Å²) in [5.74, 6) is -0.00794. The summed E-state index contributed by atoms with van der Waals surface area (Å²) in [6.45, 7) is 4.41. The summed E-state index contributed by atoms with van der Waals surface area (Å²) >= 11 is 0. The van der Waals surface area contributed by atoms with Crippen molar-refractivity contribution in [2.75, 3.05) is 25.0 Å². The van der Waals surface area contributed by atoms with E-state index in [2.05, 4.69) is 17.6 Å². The predicted octanol–water partition coefficient (Wildman–Crippen LogP) is 1.95. The highest BCUT2D eigenvalue weighted by Crippen LogP contribution is 2.25. The van der Waals surface area contributed by atoms with E-state index in [1.54, 1.807) is 0 Å². The van der Waals surface area contributed by atoms with E-state index in [4.69, 9.17) is 4.74 Å². The van der Waals surface area contributed by atoms with E-state index in [1.165, 1.54) is 5.56 Å². The van der Waals surface area contributed by atoms with E-state index in [0.717, 1.165) is 43.7 Å². The van der Waals surface area contributed by atoms with Crippen molar-refractivity contribution in [3.8, 4) is 0 Å². The van der Waals surface area contributed by atoms with Crippen molar-refractivity contribution in [1.29, 1.82) is 0 Å². The summed E-state index contributed by atoms with van der Waals surface area (Å²) < 4.78 is 5.68. The first-order chi connectivity index (χ1) is 9.16. The van der Waals surface area contributed by atoms with Gasteiger partial charge in [-0.05, 0) is 49.9 Å². The minimum atomic E-state index is -0.187. The fourth-order valence-electron chi connectivity index (χ4n) is 2.79. The molecule has 4 nitrogen and oxygen atoms in total. The summed E-state index contributed by atoms with van der Waals surface area (Å²) in [5, 5.41) is 6.29. The molecule has 1 aromatic rings. The van der Waals surface area contributed by atoms with Gasteiger partial charge in [-0.15, -0.1) is 0 Å². The molecule has 3 rings (SSSR count). The number of fused-ring (bicyclic) bond motifs is 1. The maximum absolute atomic E-state index is 12.2. The van der Waals surface area contributed by atoms with Crippen LogP contribution in [0.5, 0.6) is 0 Å². The SMILES string of the molecule is CC1(CNC(=O)c2ccc3c(c2)CCN3)CCCO1. The van der Waals surface area contributed by atoms with Crippen molar-refractivity contribution in [1.82, 2.24) is 5.32 Å². The van der Waals surface area contributed by atoms with Crippen molar-refractivity contribution in [3.63, 3.8) is 0 Å². The molecule has 1 aromatic carbocycles. The van der Waals surface area contributed by atoms with Crippen LogP contribution in [0.4, 0.5) is 5.69 Å². The minimum Gasteiger partial charge on any atom is -0.384 e. The van der Waals surface area contributed by atoms with Crippen LogP contribution < -0.4 is 10.6 Å². The molecule has 0 aromatic heterocycles. The van der Waals surface area contributed by atoms with Gasteiger partial charge in [-0.2, -0.15) is 0 Å². The molecule has 1 fully saturated rings. The van der Waals surface area contributed by atoms with Crippen molar-refractivity contribution >= 4 is 11.6 Å². The van der Waals surface area contributed by atoms with Gasteiger partial charge in [-0.1, -0.05) is 0 Å². The maximum atomic E-state index is 12.2. The molecule has 0 spiro atoms. The normalized spacial score (nSPS) is 24.9. The van der Waals surface area contributed by atoms with Crippen LogP contribution in [0, 0.1) is 0 Å². The summed E-state index contributed by atoms with van der Waals surface area (Å²) in [7, 11) is 0. The van der Waals surface area contributed by atoms with Crippen molar-refractivity contribution in [2.45, 2.75) is 31.8 Å². The minimum absolute atomic E-state index is 0.00794. The molecular weight excluding hydrogens is 240 g/mol. The summed E-state index contributed by atoms with van der Waals surface area (Å²) in [6.07, 6.45) is 3.09. The summed E-state index contributed by atoms with van der Waals surface area (Å²) in [6, 6.07) is 5.86. The number of hydrogen-bond acceptors (Lipinski definition) is 3. The molecule has 1 unspecified atom stereocenters. The number of rotatable bonds is 3. The Balaban J connectivity index is 1.64. The molecule has 1 atom stereocenters. The van der Waals surface area contributed by atoms with E-state index < -0.39 is 0 Å². The van der Waals surface area contributed by atoms with Gasteiger partial charge >= 0.3 is 0 Å². The Bertz CT molecular complexity index is 493. The fraction of sp³-hybridized carbons (Fsp3) is 0.533. The second-order valence-corrected chi connectivity index (χ2v) is 5.63. The Morgan fingerprint density at radius 1 is 1.53 bits per heavy atom. The fourth-order valence-corrected chi connectivity index (χ4v) is 2.79. The number of carbonyl (C=O) groups is 1. The van der Waals surface area contributed by atoms with Gasteiger partial charge in [-0.25, -0.2) is 0 Å². The van der Waals surface area contributed by atoms with Crippen molar-refractivity contribution < 1.29 is 9.53 Å². The van der Waals surface area contributed by atoms with Gasteiger partial charge in [0.15, 0.2) is 0 Å². The monoisotopic (exact) mass is 260 g/mol.